The predicted molar refractivity (Wildman–Crippen MR) is 98.0 cm³/mol. The number of allylic oxidation sites excluding steroid dienone is 1. The van der Waals surface area contributed by atoms with Gasteiger partial charge in [0.05, 0.1) is 0 Å². The predicted octanol–water partition coefficient (Wildman–Crippen LogP) is 4.69. The number of rotatable bonds is 6. The maximum atomic E-state index is 14.4. The second-order valence-electron chi connectivity index (χ2n) is 7.88. The van der Waals surface area contributed by atoms with Gasteiger partial charge in [0.25, 0.3) is 5.92 Å². The van der Waals surface area contributed by atoms with E-state index in [9.17, 15) is 40.2 Å². The molecule has 0 bridgehead atoms. The number of nitrogens with zero attached hydrogens (tertiary/aromatic N) is 3. The summed E-state index contributed by atoms with van der Waals surface area (Å²) in [4.78, 5) is 11.3. The molecular formula is C18H21F8N5O. The molecule has 2 aliphatic rings. The Balaban J connectivity index is 1.98. The van der Waals surface area contributed by atoms with Crippen LogP contribution in [-0.4, -0.2) is 56.3 Å². The third-order valence-corrected chi connectivity index (χ3v) is 5.39. The number of aromatic nitrogens is 3. The third kappa shape index (κ3) is 5.38. The zero-order valence-electron chi connectivity index (χ0n) is 16.8. The highest BCUT2D eigenvalue weighted by atomic mass is 19.4. The van der Waals surface area contributed by atoms with Crippen molar-refractivity contribution < 1.29 is 40.2 Å². The van der Waals surface area contributed by atoms with Crippen LogP contribution in [0.15, 0.2) is 5.83 Å². The van der Waals surface area contributed by atoms with Gasteiger partial charge in [-0.2, -0.15) is 28.1 Å². The highest BCUT2D eigenvalue weighted by molar-refractivity contribution is 5.66. The minimum absolute atomic E-state index is 0.0267. The summed E-state index contributed by atoms with van der Waals surface area (Å²) in [7, 11) is 0. The van der Waals surface area contributed by atoms with Crippen molar-refractivity contribution in [1.29, 1.82) is 0 Å². The van der Waals surface area contributed by atoms with Gasteiger partial charge in [-0.3, -0.25) is 0 Å². The van der Waals surface area contributed by atoms with Crippen molar-refractivity contribution in [2.75, 3.05) is 10.6 Å². The Morgan fingerprint density at radius 3 is 2.31 bits per heavy atom. The number of hydrogen-bond donors (Lipinski definition) is 3. The second-order valence-corrected chi connectivity index (χ2v) is 7.88. The Morgan fingerprint density at radius 2 is 1.75 bits per heavy atom. The summed E-state index contributed by atoms with van der Waals surface area (Å²) >= 11 is 0. The Hall–Kier alpha value is -2.25. The number of aliphatic hydroxyl groups is 1. The van der Waals surface area contributed by atoms with Crippen LogP contribution in [0.25, 0.3) is 5.57 Å². The van der Waals surface area contributed by atoms with Gasteiger partial charge in [-0.25, -0.2) is 22.0 Å². The van der Waals surface area contributed by atoms with E-state index in [2.05, 4.69) is 20.3 Å². The van der Waals surface area contributed by atoms with Crippen molar-refractivity contribution in [3.05, 3.63) is 11.7 Å². The fourth-order valence-electron chi connectivity index (χ4n) is 3.58. The molecule has 3 rings (SSSR count). The fourth-order valence-corrected chi connectivity index (χ4v) is 3.58. The molecule has 0 amide bonds. The number of aliphatic hydroxyl groups excluding tert-OH is 1. The fraction of sp³-hybridized carbons (Fsp3) is 0.722. The zero-order valence-corrected chi connectivity index (χ0v) is 16.8. The van der Waals surface area contributed by atoms with Crippen LogP contribution in [0.4, 0.5) is 47.0 Å². The molecule has 2 aliphatic carbocycles. The Labute approximate surface area is 177 Å². The lowest BCUT2D eigenvalue weighted by Gasteiger charge is -2.28. The third-order valence-electron chi connectivity index (χ3n) is 5.39. The van der Waals surface area contributed by atoms with E-state index in [4.69, 9.17) is 0 Å². The lowest BCUT2D eigenvalue weighted by molar-refractivity contribution is -0.143. The molecule has 1 heterocycles. The highest BCUT2D eigenvalue weighted by Gasteiger charge is 2.46. The van der Waals surface area contributed by atoms with Gasteiger partial charge in [-0.15, -0.1) is 0 Å². The smallest absolute Gasteiger partial charge is 0.380 e. The molecule has 1 fully saturated rings. The lowest BCUT2D eigenvalue weighted by Crippen LogP contribution is -2.38. The first-order valence-electron chi connectivity index (χ1n) is 9.90. The number of nitrogens with one attached hydrogen (secondary N) is 2. The van der Waals surface area contributed by atoms with Crippen molar-refractivity contribution in [2.24, 2.45) is 0 Å². The van der Waals surface area contributed by atoms with Gasteiger partial charge in [0.15, 0.2) is 11.9 Å². The molecule has 0 spiro atoms. The lowest BCUT2D eigenvalue weighted by atomic mass is 9.92. The van der Waals surface area contributed by atoms with Gasteiger partial charge >= 0.3 is 6.18 Å². The molecule has 1 aromatic heterocycles. The molecule has 3 N–H and O–H groups in total. The van der Waals surface area contributed by atoms with E-state index in [1.807, 2.05) is 5.32 Å². The van der Waals surface area contributed by atoms with Crippen molar-refractivity contribution in [3.8, 4) is 0 Å². The first-order valence-corrected chi connectivity index (χ1v) is 9.90. The Kier molecular flexibility index (Phi) is 6.55. The average Bonchev–Trinajstić information content (AvgIpc) is 3.01. The summed E-state index contributed by atoms with van der Waals surface area (Å²) in [5.74, 6) is -9.91. The second kappa shape index (κ2) is 8.60. The SMILES string of the molecule is CC[C@@H](Nc1nc(N[C@@H]2CCC(F)(F)C2)nc(C2=C(F)C(O)C(F)(F)CC2)n1)C(F)(F)F. The molecule has 180 valence electrons. The molecule has 32 heavy (non-hydrogen) atoms. The van der Waals surface area contributed by atoms with Crippen molar-refractivity contribution in [3.63, 3.8) is 0 Å². The molecule has 3 atom stereocenters. The van der Waals surface area contributed by atoms with Crippen LogP contribution in [0.1, 0.15) is 51.3 Å². The normalized spacial score (nSPS) is 26.2. The number of halogens is 8. The minimum Gasteiger partial charge on any atom is -0.380 e. The standard InChI is InChI=1S/C18H21F8N5O/c1-2-10(18(24,25)26)28-15-30-13(9-4-6-17(22,23)12(32)11(9)19)29-14(31-15)27-8-3-5-16(20,21)7-8/h8,10,12,32H,2-7H2,1H3,(H2,27,28,29,30,31)/t8-,10-,12?/m1/s1. The zero-order chi connectivity index (χ0) is 23.9. The van der Waals surface area contributed by atoms with E-state index < -0.39 is 97.4 Å². The van der Waals surface area contributed by atoms with Crippen LogP contribution in [0.3, 0.4) is 0 Å². The molecule has 0 saturated heterocycles. The molecule has 0 radical (unpaired) electrons. The summed E-state index contributed by atoms with van der Waals surface area (Å²) in [6.45, 7) is 1.24. The van der Waals surface area contributed by atoms with Crippen LogP contribution in [0.2, 0.25) is 0 Å². The summed E-state index contributed by atoms with van der Waals surface area (Å²) < 4.78 is 108. The summed E-state index contributed by atoms with van der Waals surface area (Å²) in [6, 6.07) is -2.89. The van der Waals surface area contributed by atoms with E-state index in [1.165, 1.54) is 6.92 Å². The van der Waals surface area contributed by atoms with Gasteiger partial charge in [0, 0.05) is 30.9 Å². The van der Waals surface area contributed by atoms with Crippen molar-refractivity contribution >= 4 is 17.5 Å². The Bertz CT molecular complexity index is 875. The molecule has 1 unspecified atom stereocenters. The molecular weight excluding hydrogens is 454 g/mol. The minimum atomic E-state index is -4.68. The number of anilines is 2. The van der Waals surface area contributed by atoms with Crippen molar-refractivity contribution in [1.82, 2.24) is 15.0 Å². The van der Waals surface area contributed by atoms with Crippen LogP contribution < -0.4 is 10.6 Å². The van der Waals surface area contributed by atoms with E-state index in [0.717, 1.165) is 0 Å². The molecule has 1 aromatic rings. The number of hydrogen-bond acceptors (Lipinski definition) is 6. The van der Waals surface area contributed by atoms with Gasteiger partial charge < -0.3 is 15.7 Å². The van der Waals surface area contributed by atoms with Gasteiger partial charge in [-0.05, 0) is 19.3 Å². The van der Waals surface area contributed by atoms with Crippen molar-refractivity contribution in [2.45, 2.75) is 81.7 Å². The largest absolute Gasteiger partial charge is 0.408 e. The molecule has 0 aliphatic heterocycles. The van der Waals surface area contributed by atoms with Crippen LogP contribution in [0.5, 0.6) is 0 Å². The summed E-state index contributed by atoms with van der Waals surface area (Å²) in [6.07, 6.45) is -10.4. The Morgan fingerprint density at radius 1 is 1.09 bits per heavy atom. The van der Waals surface area contributed by atoms with E-state index in [1.54, 1.807) is 0 Å². The van der Waals surface area contributed by atoms with Gasteiger partial charge in [-0.1, -0.05) is 6.92 Å². The summed E-state index contributed by atoms with van der Waals surface area (Å²) in [5.41, 5.74) is -0.520. The first-order chi connectivity index (χ1) is 14.7. The average molecular weight is 475 g/mol. The first kappa shape index (κ1) is 24.4. The molecule has 6 nitrogen and oxygen atoms in total. The quantitative estimate of drug-likeness (QED) is 0.518. The maximum absolute atomic E-state index is 14.4. The van der Waals surface area contributed by atoms with Gasteiger partial charge in [0.1, 0.15) is 11.9 Å². The van der Waals surface area contributed by atoms with Gasteiger partial charge in [0.2, 0.25) is 17.8 Å². The van der Waals surface area contributed by atoms with E-state index in [0.29, 0.717) is 0 Å². The van der Waals surface area contributed by atoms with Crippen LogP contribution in [-0.2, 0) is 0 Å². The molecule has 0 aromatic carbocycles. The van der Waals surface area contributed by atoms with Crippen LogP contribution in [0, 0.1) is 0 Å². The maximum Gasteiger partial charge on any atom is 0.408 e. The topological polar surface area (TPSA) is 83.0 Å². The monoisotopic (exact) mass is 475 g/mol. The summed E-state index contributed by atoms with van der Waals surface area (Å²) in [5, 5.41) is 14.1. The van der Waals surface area contributed by atoms with E-state index >= 15 is 0 Å². The highest BCUT2D eigenvalue weighted by Crippen LogP contribution is 2.41. The molecule has 1 saturated carbocycles. The van der Waals surface area contributed by atoms with E-state index in [-0.39, 0.29) is 6.42 Å². The van der Waals surface area contributed by atoms with Crippen LogP contribution >= 0.6 is 0 Å². The number of alkyl halides is 7. The molecule has 14 heteroatoms.